The smallest absolute Gasteiger partial charge is 0.237 e. The normalized spacial score (nSPS) is 13.5. The standard InChI is InChI=1S/C22H27N3OS2/c1-7-12(2)17-10-8-9-11-18(17)25-20(26)15(5)28-22-19-13(3)14(4)27-21(19)23-16(6)24-22/h8-12,15H,7H2,1-6H3,(H,25,26)/t12-,15+/m1/s1. The minimum atomic E-state index is -0.262. The number of aromatic nitrogens is 2. The predicted molar refractivity (Wildman–Crippen MR) is 121 cm³/mol. The third kappa shape index (κ3) is 4.23. The highest BCUT2D eigenvalue weighted by atomic mass is 32.2. The largest absolute Gasteiger partial charge is 0.325 e. The fraction of sp³-hybridized carbons (Fsp3) is 0.409. The van der Waals surface area contributed by atoms with Crippen molar-refractivity contribution < 1.29 is 4.79 Å². The van der Waals surface area contributed by atoms with E-state index >= 15 is 0 Å². The number of rotatable bonds is 6. The molecule has 0 saturated heterocycles. The highest BCUT2D eigenvalue weighted by Gasteiger charge is 2.21. The topological polar surface area (TPSA) is 54.9 Å². The molecule has 0 aliphatic heterocycles. The second-order valence-corrected chi connectivity index (χ2v) is 9.72. The maximum Gasteiger partial charge on any atom is 0.237 e. The monoisotopic (exact) mass is 413 g/mol. The Morgan fingerprint density at radius 3 is 2.61 bits per heavy atom. The van der Waals surface area contributed by atoms with Gasteiger partial charge < -0.3 is 5.32 Å². The van der Waals surface area contributed by atoms with Crippen molar-refractivity contribution in [3.05, 3.63) is 46.1 Å². The van der Waals surface area contributed by atoms with E-state index in [1.165, 1.54) is 27.8 Å². The van der Waals surface area contributed by atoms with Crippen LogP contribution in [0.3, 0.4) is 0 Å². The lowest BCUT2D eigenvalue weighted by Gasteiger charge is -2.18. The van der Waals surface area contributed by atoms with E-state index < -0.39 is 0 Å². The number of fused-ring (bicyclic) bond motifs is 1. The van der Waals surface area contributed by atoms with E-state index in [0.29, 0.717) is 5.92 Å². The summed E-state index contributed by atoms with van der Waals surface area (Å²) < 4.78 is 0. The number of nitrogens with one attached hydrogen (secondary N) is 1. The van der Waals surface area contributed by atoms with Gasteiger partial charge in [-0.25, -0.2) is 9.97 Å². The zero-order chi connectivity index (χ0) is 20.4. The van der Waals surface area contributed by atoms with Gasteiger partial charge >= 0.3 is 0 Å². The molecule has 0 aliphatic rings. The first-order chi connectivity index (χ1) is 13.3. The van der Waals surface area contributed by atoms with Crippen LogP contribution in [0.25, 0.3) is 10.2 Å². The molecule has 1 amide bonds. The van der Waals surface area contributed by atoms with E-state index in [0.717, 1.165) is 33.2 Å². The Balaban J connectivity index is 1.84. The molecule has 2 heterocycles. The molecule has 4 nitrogen and oxygen atoms in total. The van der Waals surface area contributed by atoms with Crippen LogP contribution in [0.15, 0.2) is 29.3 Å². The highest BCUT2D eigenvalue weighted by Crippen LogP contribution is 2.37. The first-order valence-corrected chi connectivity index (χ1v) is 11.3. The van der Waals surface area contributed by atoms with Gasteiger partial charge in [-0.2, -0.15) is 0 Å². The third-order valence-electron chi connectivity index (χ3n) is 5.13. The number of hydrogen-bond acceptors (Lipinski definition) is 5. The Bertz CT molecular complexity index is 1010. The number of para-hydroxylation sites is 1. The zero-order valence-electron chi connectivity index (χ0n) is 17.3. The molecule has 6 heteroatoms. The number of thiophene rings is 1. The Morgan fingerprint density at radius 2 is 1.89 bits per heavy atom. The Morgan fingerprint density at radius 1 is 1.18 bits per heavy atom. The van der Waals surface area contributed by atoms with Crippen LogP contribution in [-0.4, -0.2) is 21.1 Å². The molecular weight excluding hydrogens is 386 g/mol. The fourth-order valence-electron chi connectivity index (χ4n) is 3.12. The van der Waals surface area contributed by atoms with Crippen LogP contribution in [0.1, 0.15) is 54.9 Å². The summed E-state index contributed by atoms with van der Waals surface area (Å²) >= 11 is 3.19. The van der Waals surface area contributed by atoms with Gasteiger partial charge in [-0.05, 0) is 57.2 Å². The molecule has 2 atom stereocenters. The summed E-state index contributed by atoms with van der Waals surface area (Å²) in [7, 11) is 0. The molecule has 0 spiro atoms. The number of carbonyl (C=O) groups excluding carboxylic acids is 1. The minimum absolute atomic E-state index is 0.00484. The SMILES string of the molecule is CC[C@@H](C)c1ccccc1NC(=O)[C@H](C)Sc1nc(C)nc2sc(C)c(C)c12. The number of hydrogen-bond donors (Lipinski definition) is 1. The van der Waals surface area contributed by atoms with Gasteiger partial charge in [0, 0.05) is 16.0 Å². The molecule has 0 fully saturated rings. The van der Waals surface area contributed by atoms with Crippen LogP contribution in [0.5, 0.6) is 0 Å². The van der Waals surface area contributed by atoms with Gasteiger partial charge in [-0.3, -0.25) is 4.79 Å². The maximum absolute atomic E-state index is 12.9. The van der Waals surface area contributed by atoms with E-state index in [1.54, 1.807) is 11.3 Å². The maximum atomic E-state index is 12.9. The predicted octanol–water partition coefficient (Wildman–Crippen LogP) is 6.25. The number of benzene rings is 1. The van der Waals surface area contributed by atoms with Crippen molar-refractivity contribution in [1.82, 2.24) is 9.97 Å². The molecule has 0 bridgehead atoms. The molecule has 28 heavy (non-hydrogen) atoms. The van der Waals surface area contributed by atoms with Gasteiger partial charge in [0.25, 0.3) is 0 Å². The summed E-state index contributed by atoms with van der Waals surface area (Å²) in [5.41, 5.74) is 3.29. The lowest BCUT2D eigenvalue weighted by atomic mass is 9.97. The van der Waals surface area contributed by atoms with Gasteiger partial charge in [0.1, 0.15) is 15.7 Å². The molecule has 0 aliphatic carbocycles. The first kappa shape index (κ1) is 20.8. The summed E-state index contributed by atoms with van der Waals surface area (Å²) in [6.45, 7) is 12.4. The Labute approximate surface area is 175 Å². The molecule has 0 radical (unpaired) electrons. The quantitative estimate of drug-likeness (QED) is 0.383. The summed E-state index contributed by atoms with van der Waals surface area (Å²) in [6.07, 6.45) is 1.03. The Kier molecular flexibility index (Phi) is 6.40. The number of amides is 1. The van der Waals surface area contributed by atoms with Gasteiger partial charge in [0.05, 0.1) is 5.25 Å². The van der Waals surface area contributed by atoms with Gasteiger partial charge in [-0.1, -0.05) is 43.8 Å². The van der Waals surface area contributed by atoms with Crippen LogP contribution in [0, 0.1) is 20.8 Å². The molecular formula is C22H27N3OS2. The summed E-state index contributed by atoms with van der Waals surface area (Å²) in [5, 5.41) is 4.84. The van der Waals surface area contributed by atoms with Crippen molar-refractivity contribution in [2.75, 3.05) is 5.32 Å². The molecule has 148 valence electrons. The van der Waals surface area contributed by atoms with Crippen molar-refractivity contribution in [2.24, 2.45) is 0 Å². The highest BCUT2D eigenvalue weighted by molar-refractivity contribution is 8.00. The van der Waals surface area contributed by atoms with Crippen LogP contribution < -0.4 is 5.32 Å². The van der Waals surface area contributed by atoms with Crippen molar-refractivity contribution in [1.29, 1.82) is 0 Å². The third-order valence-corrected chi connectivity index (χ3v) is 7.31. The van der Waals surface area contributed by atoms with Crippen LogP contribution in [0.4, 0.5) is 5.69 Å². The Hall–Kier alpha value is -1.92. The van der Waals surface area contributed by atoms with Crippen LogP contribution >= 0.6 is 23.1 Å². The van der Waals surface area contributed by atoms with E-state index in [1.807, 2.05) is 32.0 Å². The van der Waals surface area contributed by atoms with Crippen LogP contribution in [0.2, 0.25) is 0 Å². The first-order valence-electron chi connectivity index (χ1n) is 9.62. The van der Waals surface area contributed by atoms with Gasteiger partial charge in [0.2, 0.25) is 5.91 Å². The lowest BCUT2D eigenvalue weighted by molar-refractivity contribution is -0.115. The molecule has 1 aromatic carbocycles. The zero-order valence-corrected chi connectivity index (χ0v) is 18.9. The van der Waals surface area contributed by atoms with Crippen LogP contribution in [-0.2, 0) is 4.79 Å². The van der Waals surface area contributed by atoms with E-state index in [9.17, 15) is 4.79 Å². The van der Waals surface area contributed by atoms with E-state index in [-0.39, 0.29) is 11.2 Å². The number of carbonyl (C=O) groups is 1. The van der Waals surface area contributed by atoms with Crippen molar-refractivity contribution in [2.45, 2.75) is 64.2 Å². The number of nitrogens with zero attached hydrogens (tertiary/aromatic N) is 2. The number of thioether (sulfide) groups is 1. The van der Waals surface area contributed by atoms with Crippen molar-refractivity contribution in [3.8, 4) is 0 Å². The van der Waals surface area contributed by atoms with Crippen molar-refractivity contribution in [3.63, 3.8) is 0 Å². The molecule has 0 unspecified atom stereocenters. The fourth-order valence-corrected chi connectivity index (χ4v) is 5.31. The molecule has 2 aromatic heterocycles. The second kappa shape index (κ2) is 8.62. The summed E-state index contributed by atoms with van der Waals surface area (Å²) in [5.74, 6) is 1.14. The van der Waals surface area contributed by atoms with Crippen molar-refractivity contribution >= 4 is 44.9 Å². The average molecular weight is 414 g/mol. The number of aryl methyl sites for hydroxylation is 3. The number of anilines is 1. The average Bonchev–Trinajstić information content (AvgIpc) is 2.95. The molecule has 3 rings (SSSR count). The molecule has 3 aromatic rings. The van der Waals surface area contributed by atoms with Gasteiger partial charge in [0.15, 0.2) is 0 Å². The molecule has 0 saturated carbocycles. The summed E-state index contributed by atoms with van der Waals surface area (Å²) in [4.78, 5) is 24.4. The summed E-state index contributed by atoms with van der Waals surface area (Å²) in [6, 6.07) is 8.07. The molecule has 1 N–H and O–H groups in total. The second-order valence-electron chi connectivity index (χ2n) is 7.19. The van der Waals surface area contributed by atoms with E-state index in [2.05, 4.69) is 49.0 Å². The van der Waals surface area contributed by atoms with E-state index in [4.69, 9.17) is 0 Å². The minimum Gasteiger partial charge on any atom is -0.325 e. The lowest BCUT2D eigenvalue weighted by Crippen LogP contribution is -2.23. The van der Waals surface area contributed by atoms with Gasteiger partial charge in [-0.15, -0.1) is 11.3 Å².